The molecule has 0 bridgehead atoms. The molecule has 7 nitrogen and oxygen atoms in total. The number of nitrogens with two attached hydrogens (primary N) is 1. The molecule has 152 valence electrons. The Balaban J connectivity index is 0.00000261. The lowest BCUT2D eigenvalue weighted by Gasteiger charge is -2.35. The summed E-state index contributed by atoms with van der Waals surface area (Å²) in [7, 11) is -3.48. The topological polar surface area (TPSA) is 86.9 Å². The number of nitrogens with zero attached hydrogens (tertiary/aromatic N) is 3. The highest BCUT2D eigenvalue weighted by Gasteiger charge is 2.35. The van der Waals surface area contributed by atoms with E-state index in [9.17, 15) is 13.2 Å². The van der Waals surface area contributed by atoms with Crippen LogP contribution in [0, 0.1) is 5.41 Å². The van der Waals surface area contributed by atoms with Crippen LogP contribution in [-0.2, 0) is 14.8 Å². The van der Waals surface area contributed by atoms with Gasteiger partial charge < -0.3 is 10.6 Å². The molecule has 1 amide bonds. The largest absolute Gasteiger partial charge is 0.339 e. The monoisotopic (exact) mass is 416 g/mol. The number of halogens is 1. The second kappa shape index (κ2) is 8.87. The number of likely N-dealkylation sites (tertiary alicyclic amines) is 1. The maximum absolute atomic E-state index is 12.6. The highest BCUT2D eigenvalue weighted by molar-refractivity contribution is 7.89. The number of carbonyl (C=O) groups excluding carboxylic acids is 1. The summed E-state index contributed by atoms with van der Waals surface area (Å²) in [6, 6.07) is 8.45. The number of carbonyl (C=O) groups is 1. The van der Waals surface area contributed by atoms with Crippen molar-refractivity contribution in [1.29, 1.82) is 0 Å². The van der Waals surface area contributed by atoms with Gasteiger partial charge in [-0.1, -0.05) is 25.1 Å². The van der Waals surface area contributed by atoms with E-state index in [1.807, 2.05) is 0 Å². The zero-order valence-corrected chi connectivity index (χ0v) is 17.3. The summed E-state index contributed by atoms with van der Waals surface area (Å²) in [5, 5.41) is 0. The van der Waals surface area contributed by atoms with E-state index >= 15 is 0 Å². The second-order valence-corrected chi connectivity index (χ2v) is 9.51. The van der Waals surface area contributed by atoms with Crippen molar-refractivity contribution in [2.45, 2.75) is 18.2 Å². The fourth-order valence-electron chi connectivity index (χ4n) is 3.64. The molecule has 0 spiro atoms. The average molecular weight is 417 g/mol. The molecule has 2 aliphatic heterocycles. The first-order chi connectivity index (χ1) is 12.3. The number of rotatable bonds is 5. The van der Waals surface area contributed by atoms with Crippen LogP contribution < -0.4 is 5.73 Å². The second-order valence-electron chi connectivity index (χ2n) is 7.57. The fraction of sp³-hybridized carbons (Fsp3) is 0.611. The quantitative estimate of drug-likeness (QED) is 0.760. The molecule has 2 aliphatic rings. The predicted octanol–water partition coefficient (Wildman–Crippen LogP) is 0.612. The Morgan fingerprint density at radius 3 is 2.30 bits per heavy atom. The van der Waals surface area contributed by atoms with Crippen LogP contribution in [0.3, 0.4) is 0 Å². The zero-order valence-electron chi connectivity index (χ0n) is 15.7. The van der Waals surface area contributed by atoms with Gasteiger partial charge in [0.05, 0.1) is 11.4 Å². The first-order valence-electron chi connectivity index (χ1n) is 9.09. The van der Waals surface area contributed by atoms with Gasteiger partial charge in [-0.2, -0.15) is 4.31 Å². The fourth-order valence-corrected chi connectivity index (χ4v) is 5.08. The summed E-state index contributed by atoms with van der Waals surface area (Å²) in [4.78, 5) is 16.8. The van der Waals surface area contributed by atoms with Gasteiger partial charge in [-0.25, -0.2) is 8.42 Å². The molecule has 0 aliphatic carbocycles. The minimum atomic E-state index is -3.48. The molecule has 0 radical (unpaired) electrons. The molecule has 2 fully saturated rings. The summed E-state index contributed by atoms with van der Waals surface area (Å²) >= 11 is 0. The van der Waals surface area contributed by atoms with Crippen LogP contribution in [0.25, 0.3) is 0 Å². The van der Waals surface area contributed by atoms with Crippen LogP contribution in [0.15, 0.2) is 35.2 Å². The molecule has 0 saturated carbocycles. The molecule has 1 atom stereocenters. The molecule has 1 unspecified atom stereocenters. The number of sulfonamides is 1. The lowest BCUT2D eigenvalue weighted by molar-refractivity contribution is -0.133. The summed E-state index contributed by atoms with van der Waals surface area (Å²) in [6.07, 6.45) is 1.01. The van der Waals surface area contributed by atoms with Crippen LogP contribution in [0.5, 0.6) is 0 Å². The van der Waals surface area contributed by atoms with E-state index < -0.39 is 10.0 Å². The Morgan fingerprint density at radius 2 is 1.74 bits per heavy atom. The lowest BCUT2D eigenvalue weighted by Crippen LogP contribution is -2.52. The average Bonchev–Trinajstić information content (AvgIpc) is 3.04. The van der Waals surface area contributed by atoms with E-state index in [0.29, 0.717) is 44.2 Å². The van der Waals surface area contributed by atoms with Gasteiger partial charge in [0.1, 0.15) is 0 Å². The van der Waals surface area contributed by atoms with E-state index in [2.05, 4.69) is 11.8 Å². The molecule has 9 heteroatoms. The number of benzene rings is 1. The molecular weight excluding hydrogens is 388 g/mol. The Labute approximate surface area is 167 Å². The maximum atomic E-state index is 12.6. The van der Waals surface area contributed by atoms with Gasteiger partial charge >= 0.3 is 0 Å². The molecular formula is C18H29ClN4O3S. The van der Waals surface area contributed by atoms with Crippen molar-refractivity contribution in [1.82, 2.24) is 14.1 Å². The predicted molar refractivity (Wildman–Crippen MR) is 107 cm³/mol. The molecule has 2 N–H and O–H groups in total. The smallest absolute Gasteiger partial charge is 0.243 e. The Hall–Kier alpha value is -1.19. The van der Waals surface area contributed by atoms with E-state index in [0.717, 1.165) is 19.5 Å². The van der Waals surface area contributed by atoms with Gasteiger partial charge in [-0.05, 0) is 37.1 Å². The van der Waals surface area contributed by atoms with E-state index in [1.165, 1.54) is 4.31 Å². The third-order valence-electron chi connectivity index (χ3n) is 5.46. The standard InChI is InChI=1S/C18H28N4O3S.ClH/c1-18(14-19)7-8-20(15-18)13-17(23)21-9-11-22(12-10-21)26(24,25)16-5-3-2-4-6-16;/h2-6H,7-15,19H2,1H3;1H. The summed E-state index contributed by atoms with van der Waals surface area (Å²) in [6.45, 7) is 6.46. The first kappa shape index (κ1) is 22.1. The van der Waals surface area contributed by atoms with Gasteiger partial charge in [-0.3, -0.25) is 9.69 Å². The van der Waals surface area contributed by atoms with Crippen molar-refractivity contribution in [2.75, 3.05) is 52.4 Å². The van der Waals surface area contributed by atoms with Crippen LogP contribution >= 0.6 is 12.4 Å². The first-order valence-corrected chi connectivity index (χ1v) is 10.5. The molecule has 0 aromatic heterocycles. The molecule has 2 heterocycles. The molecule has 2 saturated heterocycles. The maximum Gasteiger partial charge on any atom is 0.243 e. The van der Waals surface area contributed by atoms with E-state index in [-0.39, 0.29) is 23.7 Å². The van der Waals surface area contributed by atoms with Crippen molar-refractivity contribution in [3.05, 3.63) is 30.3 Å². The van der Waals surface area contributed by atoms with Crippen molar-refractivity contribution in [3.8, 4) is 0 Å². The summed E-state index contributed by atoms with van der Waals surface area (Å²) in [5.74, 6) is 0.0723. The number of amides is 1. The van der Waals surface area contributed by atoms with Gasteiger partial charge in [0, 0.05) is 32.7 Å². The normalized spacial score (nSPS) is 24.6. The molecule has 1 aromatic rings. The number of hydrogen-bond donors (Lipinski definition) is 1. The molecule has 3 rings (SSSR count). The van der Waals surface area contributed by atoms with Crippen molar-refractivity contribution in [2.24, 2.45) is 11.1 Å². The van der Waals surface area contributed by atoms with Crippen molar-refractivity contribution < 1.29 is 13.2 Å². The highest BCUT2D eigenvalue weighted by Crippen LogP contribution is 2.28. The van der Waals surface area contributed by atoms with E-state index in [1.54, 1.807) is 35.2 Å². The van der Waals surface area contributed by atoms with Crippen molar-refractivity contribution in [3.63, 3.8) is 0 Å². The third-order valence-corrected chi connectivity index (χ3v) is 7.37. The van der Waals surface area contributed by atoms with Crippen LogP contribution in [-0.4, -0.2) is 80.8 Å². The Kier molecular flexibility index (Phi) is 7.27. The van der Waals surface area contributed by atoms with Gasteiger partial charge in [0.2, 0.25) is 15.9 Å². The molecule has 1 aromatic carbocycles. The van der Waals surface area contributed by atoms with Crippen LogP contribution in [0.4, 0.5) is 0 Å². The number of piperazine rings is 1. The van der Waals surface area contributed by atoms with Gasteiger partial charge in [-0.15, -0.1) is 12.4 Å². The minimum Gasteiger partial charge on any atom is -0.339 e. The molecule has 27 heavy (non-hydrogen) atoms. The van der Waals surface area contributed by atoms with E-state index in [4.69, 9.17) is 5.73 Å². The SMILES string of the molecule is CC1(CN)CCN(CC(=O)N2CCN(S(=O)(=O)c3ccccc3)CC2)C1.Cl. The lowest BCUT2D eigenvalue weighted by atomic mass is 9.90. The number of hydrogen-bond acceptors (Lipinski definition) is 5. The van der Waals surface area contributed by atoms with Crippen molar-refractivity contribution >= 4 is 28.3 Å². The van der Waals surface area contributed by atoms with Gasteiger partial charge in [0.15, 0.2) is 0 Å². The summed E-state index contributed by atoms with van der Waals surface area (Å²) in [5.41, 5.74) is 5.92. The Morgan fingerprint density at radius 1 is 1.11 bits per heavy atom. The van der Waals surface area contributed by atoms with Gasteiger partial charge in [0.25, 0.3) is 0 Å². The highest BCUT2D eigenvalue weighted by atomic mass is 35.5. The Bertz CT molecular complexity index is 738. The van der Waals surface area contributed by atoms with Crippen LogP contribution in [0.1, 0.15) is 13.3 Å². The third kappa shape index (κ3) is 5.00. The summed E-state index contributed by atoms with van der Waals surface area (Å²) < 4.78 is 26.8. The zero-order chi connectivity index (χ0) is 18.8. The van der Waals surface area contributed by atoms with Crippen LogP contribution in [0.2, 0.25) is 0 Å². The minimum absolute atomic E-state index is 0.